The molecule has 0 saturated carbocycles. The lowest BCUT2D eigenvalue weighted by Crippen LogP contribution is -2.12. The van der Waals surface area contributed by atoms with Gasteiger partial charge < -0.3 is 9.84 Å². The summed E-state index contributed by atoms with van der Waals surface area (Å²) in [6, 6.07) is 1.65. The number of halogens is 1. The lowest BCUT2D eigenvalue weighted by atomic mass is 10.0. The Bertz CT molecular complexity index is 431. The zero-order valence-corrected chi connectivity index (χ0v) is 9.78. The molecule has 0 spiro atoms. The number of aliphatic hydroxyl groups is 1. The number of pyridine rings is 1. The van der Waals surface area contributed by atoms with E-state index in [1.54, 1.807) is 19.2 Å². The van der Waals surface area contributed by atoms with Gasteiger partial charge in [-0.3, -0.25) is 0 Å². The molecule has 0 amide bonds. The van der Waals surface area contributed by atoms with Crippen molar-refractivity contribution in [3.8, 4) is 0 Å². The number of nitrogens with zero attached hydrogens (tertiary/aromatic N) is 1. The lowest BCUT2D eigenvalue weighted by molar-refractivity contribution is -0.137. The summed E-state index contributed by atoms with van der Waals surface area (Å²) in [4.78, 5) is 15.1. The molecule has 0 fully saturated rings. The number of hydrogen-bond donors (Lipinski definition) is 1. The first-order valence-electron chi connectivity index (χ1n) is 4.54. The van der Waals surface area contributed by atoms with Crippen molar-refractivity contribution in [3.63, 3.8) is 0 Å². The van der Waals surface area contributed by atoms with E-state index in [0.29, 0.717) is 5.56 Å². The molecule has 86 valence electrons. The Kier molecular flexibility index (Phi) is 4.04. The topological polar surface area (TPSA) is 59.4 Å². The maximum atomic E-state index is 11.2. The number of carbonyl (C=O) groups is 1. The van der Waals surface area contributed by atoms with Crippen LogP contribution in [0, 0.1) is 6.92 Å². The van der Waals surface area contributed by atoms with Gasteiger partial charge in [-0.25, -0.2) is 9.78 Å². The number of carbonyl (C=O) groups excluding carboxylic acids is 1. The van der Waals surface area contributed by atoms with E-state index in [4.69, 9.17) is 11.6 Å². The van der Waals surface area contributed by atoms with Crippen LogP contribution in [-0.4, -0.2) is 23.2 Å². The summed E-state index contributed by atoms with van der Waals surface area (Å²) in [7, 11) is 1.22. The van der Waals surface area contributed by atoms with Crippen molar-refractivity contribution < 1.29 is 14.6 Å². The maximum Gasteiger partial charge on any atom is 0.336 e. The van der Waals surface area contributed by atoms with E-state index in [0.717, 1.165) is 5.56 Å². The Labute approximate surface area is 98.5 Å². The third kappa shape index (κ3) is 2.59. The third-order valence-corrected chi connectivity index (χ3v) is 2.39. The molecule has 0 saturated heterocycles. The summed E-state index contributed by atoms with van der Waals surface area (Å²) in [5.74, 6) is -0.676. The van der Waals surface area contributed by atoms with E-state index in [1.165, 1.54) is 7.11 Å². The predicted molar refractivity (Wildman–Crippen MR) is 60.1 cm³/mol. The van der Waals surface area contributed by atoms with Gasteiger partial charge in [-0.05, 0) is 18.6 Å². The van der Waals surface area contributed by atoms with E-state index in [9.17, 15) is 9.90 Å². The zero-order chi connectivity index (χ0) is 12.3. The molecule has 1 unspecified atom stereocenters. The number of hydrogen-bond acceptors (Lipinski definition) is 4. The highest BCUT2D eigenvalue weighted by molar-refractivity contribution is 6.30. The van der Waals surface area contributed by atoms with Crippen molar-refractivity contribution in [2.45, 2.75) is 13.0 Å². The van der Waals surface area contributed by atoms with Crippen LogP contribution in [0.2, 0.25) is 5.15 Å². The molecular weight excluding hydrogens is 230 g/mol. The average Bonchev–Trinajstić information content (AvgIpc) is 2.29. The predicted octanol–water partition coefficient (Wildman–Crippen LogP) is 1.81. The highest BCUT2D eigenvalue weighted by Crippen LogP contribution is 2.27. The van der Waals surface area contributed by atoms with Gasteiger partial charge in [0.15, 0.2) is 0 Å². The largest absolute Gasteiger partial charge is 0.466 e. The van der Waals surface area contributed by atoms with Crippen LogP contribution in [0.3, 0.4) is 0 Å². The fourth-order valence-electron chi connectivity index (χ4n) is 1.20. The van der Waals surface area contributed by atoms with Gasteiger partial charge in [-0.15, -0.1) is 0 Å². The molecule has 0 aliphatic rings. The molecule has 1 aromatic rings. The maximum absolute atomic E-state index is 11.2. The summed E-state index contributed by atoms with van der Waals surface area (Å²) < 4.78 is 4.46. The minimum Gasteiger partial charge on any atom is -0.466 e. The monoisotopic (exact) mass is 241 g/mol. The summed E-state index contributed by atoms with van der Waals surface area (Å²) in [6.45, 7) is 5.27. The van der Waals surface area contributed by atoms with Crippen LogP contribution in [-0.2, 0) is 9.53 Å². The molecule has 0 aliphatic carbocycles. The minimum atomic E-state index is -1.20. The minimum absolute atomic E-state index is 0.0724. The van der Waals surface area contributed by atoms with Crippen LogP contribution in [0.4, 0.5) is 0 Å². The SMILES string of the molecule is C=C(C(=O)OC)C(O)c1cc(C)cnc1Cl. The van der Waals surface area contributed by atoms with Gasteiger partial charge in [0, 0.05) is 11.8 Å². The second kappa shape index (κ2) is 5.09. The van der Waals surface area contributed by atoms with Gasteiger partial charge in [0.05, 0.1) is 12.7 Å². The summed E-state index contributed by atoms with van der Waals surface area (Å²) in [5, 5.41) is 10.0. The third-order valence-electron chi connectivity index (χ3n) is 2.08. The molecule has 0 bridgehead atoms. The van der Waals surface area contributed by atoms with Gasteiger partial charge in [0.2, 0.25) is 0 Å². The number of rotatable bonds is 3. The lowest BCUT2D eigenvalue weighted by Gasteiger charge is -2.13. The second-order valence-electron chi connectivity index (χ2n) is 3.31. The van der Waals surface area contributed by atoms with Crippen LogP contribution < -0.4 is 0 Å². The average molecular weight is 242 g/mol. The second-order valence-corrected chi connectivity index (χ2v) is 3.67. The highest BCUT2D eigenvalue weighted by Gasteiger charge is 2.21. The van der Waals surface area contributed by atoms with Crippen molar-refractivity contribution in [1.82, 2.24) is 4.98 Å². The van der Waals surface area contributed by atoms with E-state index in [1.807, 2.05) is 0 Å². The summed E-state index contributed by atoms with van der Waals surface area (Å²) in [6.07, 6.45) is 0.367. The van der Waals surface area contributed by atoms with Crippen molar-refractivity contribution >= 4 is 17.6 Å². The van der Waals surface area contributed by atoms with Gasteiger partial charge in [0.25, 0.3) is 0 Å². The van der Waals surface area contributed by atoms with E-state index >= 15 is 0 Å². The molecule has 1 N–H and O–H groups in total. The van der Waals surface area contributed by atoms with Gasteiger partial charge >= 0.3 is 5.97 Å². The van der Waals surface area contributed by atoms with Crippen LogP contribution in [0.1, 0.15) is 17.2 Å². The first kappa shape index (κ1) is 12.7. The number of aryl methyl sites for hydroxylation is 1. The molecule has 4 nitrogen and oxygen atoms in total. The molecular formula is C11H12ClNO3. The Hall–Kier alpha value is -1.39. The van der Waals surface area contributed by atoms with Crippen molar-refractivity contribution in [2.75, 3.05) is 7.11 Å². The molecule has 5 heteroatoms. The van der Waals surface area contributed by atoms with Crippen LogP contribution >= 0.6 is 11.6 Å². The molecule has 1 heterocycles. The summed E-state index contributed by atoms with van der Waals surface area (Å²) in [5.41, 5.74) is 1.10. The number of aliphatic hydroxyl groups excluding tert-OH is 1. The Morgan fingerprint density at radius 1 is 1.69 bits per heavy atom. The molecule has 1 aromatic heterocycles. The Balaban J connectivity index is 3.04. The number of ether oxygens (including phenoxy) is 1. The van der Waals surface area contributed by atoms with Crippen molar-refractivity contribution in [1.29, 1.82) is 0 Å². The van der Waals surface area contributed by atoms with Crippen LogP contribution in [0.15, 0.2) is 24.4 Å². The van der Waals surface area contributed by atoms with E-state index in [-0.39, 0.29) is 10.7 Å². The molecule has 16 heavy (non-hydrogen) atoms. The number of methoxy groups -OCH3 is 1. The fraction of sp³-hybridized carbons (Fsp3) is 0.273. The molecule has 0 aromatic carbocycles. The van der Waals surface area contributed by atoms with Crippen molar-refractivity contribution in [2.24, 2.45) is 0 Å². The van der Waals surface area contributed by atoms with Gasteiger partial charge in [-0.1, -0.05) is 18.2 Å². The molecule has 1 rings (SSSR count). The first-order chi connectivity index (χ1) is 7.47. The first-order valence-corrected chi connectivity index (χ1v) is 4.92. The summed E-state index contributed by atoms with van der Waals surface area (Å²) >= 11 is 5.82. The van der Waals surface area contributed by atoms with Gasteiger partial charge in [-0.2, -0.15) is 0 Å². The normalized spacial score (nSPS) is 12.0. The molecule has 1 atom stereocenters. The smallest absolute Gasteiger partial charge is 0.336 e. The number of esters is 1. The molecule has 0 aliphatic heterocycles. The zero-order valence-electron chi connectivity index (χ0n) is 9.03. The van der Waals surface area contributed by atoms with Crippen LogP contribution in [0.25, 0.3) is 0 Å². The van der Waals surface area contributed by atoms with Gasteiger partial charge in [0.1, 0.15) is 11.3 Å². The Morgan fingerprint density at radius 3 is 2.88 bits per heavy atom. The standard InChI is InChI=1S/C11H12ClNO3/c1-6-4-8(10(12)13-5-6)9(14)7(2)11(15)16-3/h4-5,9,14H,2H2,1,3H3. The fourth-order valence-corrected chi connectivity index (χ4v) is 1.40. The molecule has 0 radical (unpaired) electrons. The van der Waals surface area contributed by atoms with Crippen molar-refractivity contribution in [3.05, 3.63) is 40.7 Å². The number of aromatic nitrogens is 1. The van der Waals surface area contributed by atoms with E-state index < -0.39 is 12.1 Å². The quantitative estimate of drug-likeness (QED) is 0.498. The highest BCUT2D eigenvalue weighted by atomic mass is 35.5. The Morgan fingerprint density at radius 2 is 2.31 bits per heavy atom. The van der Waals surface area contributed by atoms with Crippen LogP contribution in [0.5, 0.6) is 0 Å². The van der Waals surface area contributed by atoms with E-state index in [2.05, 4.69) is 16.3 Å².